The summed E-state index contributed by atoms with van der Waals surface area (Å²) in [6.07, 6.45) is 2.41. The van der Waals surface area contributed by atoms with Crippen LogP contribution in [0.15, 0.2) is 54.6 Å². The van der Waals surface area contributed by atoms with Crippen molar-refractivity contribution in [2.45, 2.75) is 32.8 Å². The number of rotatable bonds is 11. The summed E-state index contributed by atoms with van der Waals surface area (Å²) < 4.78 is 15.4. The van der Waals surface area contributed by atoms with Crippen LogP contribution in [0.2, 0.25) is 0 Å². The molecule has 0 fully saturated rings. The second kappa shape index (κ2) is 11.2. The molecule has 0 saturated heterocycles. The highest BCUT2D eigenvalue weighted by atomic mass is 32.1. The quantitative estimate of drug-likeness (QED) is 0.477. The molecule has 0 aliphatic carbocycles. The molecular formula is C22H25N3O3S. The number of hydrogen-bond donors (Lipinski definition) is 1. The molecule has 0 bridgehead atoms. The molecule has 0 unspecified atom stereocenters. The highest BCUT2D eigenvalue weighted by Crippen LogP contribution is 2.19. The maximum atomic E-state index is 12.1. The van der Waals surface area contributed by atoms with E-state index in [1.165, 1.54) is 0 Å². The molecule has 3 aromatic rings. The molecule has 0 spiro atoms. The van der Waals surface area contributed by atoms with Gasteiger partial charge in [0, 0.05) is 6.54 Å². The van der Waals surface area contributed by atoms with Crippen LogP contribution in [0.5, 0.6) is 11.5 Å². The van der Waals surface area contributed by atoms with Gasteiger partial charge in [0.05, 0.1) is 12.3 Å². The molecule has 1 heterocycles. The standard InChI is InChI=1S/C22H25N3O3S/c1-2-20-21(29-25-24-20)22(26)23-14-6-7-15-27-18-10-12-19(13-11-18)28-16-17-8-4-3-5-9-17/h3-5,8-13H,2,6-7,14-16H2,1H3,(H,23,26). The monoisotopic (exact) mass is 411 g/mol. The van der Waals surface area contributed by atoms with E-state index in [-0.39, 0.29) is 5.91 Å². The highest BCUT2D eigenvalue weighted by Gasteiger charge is 2.13. The summed E-state index contributed by atoms with van der Waals surface area (Å²) in [6.45, 7) is 3.72. The molecule has 152 valence electrons. The molecule has 0 aliphatic heterocycles. The molecule has 2 aromatic carbocycles. The van der Waals surface area contributed by atoms with E-state index in [0.29, 0.717) is 31.1 Å². The lowest BCUT2D eigenvalue weighted by Gasteiger charge is -2.09. The van der Waals surface area contributed by atoms with E-state index in [4.69, 9.17) is 9.47 Å². The smallest absolute Gasteiger partial charge is 0.264 e. The normalized spacial score (nSPS) is 10.5. The van der Waals surface area contributed by atoms with Gasteiger partial charge in [-0.1, -0.05) is 41.7 Å². The van der Waals surface area contributed by atoms with Gasteiger partial charge in [0.1, 0.15) is 23.0 Å². The lowest BCUT2D eigenvalue weighted by Crippen LogP contribution is -2.24. The third-order valence-electron chi connectivity index (χ3n) is 4.29. The molecule has 0 atom stereocenters. The summed E-state index contributed by atoms with van der Waals surface area (Å²) in [4.78, 5) is 12.7. The average Bonchev–Trinajstić information content (AvgIpc) is 3.25. The van der Waals surface area contributed by atoms with Crippen molar-refractivity contribution >= 4 is 17.4 Å². The van der Waals surface area contributed by atoms with Gasteiger partial charge in [0.15, 0.2) is 0 Å². The molecule has 7 heteroatoms. The van der Waals surface area contributed by atoms with Crippen LogP contribution in [0, 0.1) is 0 Å². The number of aromatic nitrogens is 2. The third kappa shape index (κ3) is 6.57. The van der Waals surface area contributed by atoms with Crippen LogP contribution in [0.4, 0.5) is 0 Å². The highest BCUT2D eigenvalue weighted by molar-refractivity contribution is 7.08. The molecule has 1 amide bonds. The third-order valence-corrected chi connectivity index (χ3v) is 5.06. The minimum Gasteiger partial charge on any atom is -0.494 e. The van der Waals surface area contributed by atoms with E-state index < -0.39 is 0 Å². The number of amides is 1. The lowest BCUT2D eigenvalue weighted by molar-refractivity contribution is 0.0955. The van der Waals surface area contributed by atoms with E-state index in [2.05, 4.69) is 14.9 Å². The van der Waals surface area contributed by atoms with Crippen molar-refractivity contribution in [2.24, 2.45) is 0 Å². The first-order valence-corrected chi connectivity index (χ1v) is 10.5. The molecule has 0 saturated carbocycles. The lowest BCUT2D eigenvalue weighted by atomic mass is 10.2. The summed E-state index contributed by atoms with van der Waals surface area (Å²) in [5.41, 5.74) is 1.89. The van der Waals surface area contributed by atoms with Crippen LogP contribution in [-0.2, 0) is 13.0 Å². The van der Waals surface area contributed by atoms with E-state index in [1.807, 2.05) is 61.5 Å². The largest absolute Gasteiger partial charge is 0.494 e. The Kier molecular flexibility index (Phi) is 8.01. The Morgan fingerprint density at radius 1 is 1.00 bits per heavy atom. The molecular weight excluding hydrogens is 386 g/mol. The predicted octanol–water partition coefficient (Wildman–Crippen LogP) is 4.27. The maximum absolute atomic E-state index is 12.1. The van der Waals surface area contributed by atoms with Crippen LogP contribution in [0.1, 0.15) is 40.7 Å². The first-order valence-electron chi connectivity index (χ1n) is 9.75. The van der Waals surface area contributed by atoms with Gasteiger partial charge in [-0.2, -0.15) is 0 Å². The van der Waals surface area contributed by atoms with Crippen LogP contribution in [0.3, 0.4) is 0 Å². The maximum Gasteiger partial charge on any atom is 0.264 e. The zero-order valence-corrected chi connectivity index (χ0v) is 17.3. The first kappa shape index (κ1) is 20.8. The summed E-state index contributed by atoms with van der Waals surface area (Å²) in [6, 6.07) is 17.7. The molecule has 3 rings (SSSR count). The van der Waals surface area contributed by atoms with Crippen molar-refractivity contribution < 1.29 is 14.3 Å². The first-order chi connectivity index (χ1) is 14.3. The Bertz CT molecular complexity index is 882. The number of hydrogen-bond acceptors (Lipinski definition) is 6. The van der Waals surface area contributed by atoms with E-state index in [9.17, 15) is 4.79 Å². The van der Waals surface area contributed by atoms with Crippen LogP contribution < -0.4 is 14.8 Å². The fourth-order valence-electron chi connectivity index (χ4n) is 2.68. The predicted molar refractivity (Wildman–Crippen MR) is 114 cm³/mol. The fraction of sp³-hybridized carbons (Fsp3) is 0.318. The van der Waals surface area contributed by atoms with Gasteiger partial charge in [-0.05, 0) is 60.6 Å². The number of benzene rings is 2. The van der Waals surface area contributed by atoms with Crippen molar-refractivity contribution in [1.82, 2.24) is 14.9 Å². The van der Waals surface area contributed by atoms with Gasteiger partial charge >= 0.3 is 0 Å². The van der Waals surface area contributed by atoms with Crippen molar-refractivity contribution in [3.05, 3.63) is 70.7 Å². The van der Waals surface area contributed by atoms with Crippen LogP contribution >= 0.6 is 11.5 Å². The number of nitrogens with zero attached hydrogens (tertiary/aromatic N) is 2. The van der Waals surface area contributed by atoms with Crippen molar-refractivity contribution in [3.63, 3.8) is 0 Å². The molecule has 0 aliphatic rings. The van der Waals surface area contributed by atoms with Gasteiger partial charge < -0.3 is 14.8 Å². The molecule has 29 heavy (non-hydrogen) atoms. The van der Waals surface area contributed by atoms with Crippen LogP contribution in [0.25, 0.3) is 0 Å². The number of aryl methyl sites for hydroxylation is 1. The number of carbonyl (C=O) groups is 1. The van der Waals surface area contributed by atoms with Gasteiger partial charge in [0.2, 0.25) is 0 Å². The summed E-state index contributed by atoms with van der Waals surface area (Å²) in [5, 5.41) is 6.87. The van der Waals surface area contributed by atoms with Gasteiger partial charge in [-0.15, -0.1) is 5.10 Å². The van der Waals surface area contributed by atoms with Gasteiger partial charge in [0.25, 0.3) is 5.91 Å². The topological polar surface area (TPSA) is 73.3 Å². The Labute approximate surface area is 175 Å². The summed E-state index contributed by atoms with van der Waals surface area (Å²) in [5.74, 6) is 1.53. The minimum absolute atomic E-state index is 0.0936. The SMILES string of the molecule is CCc1nnsc1C(=O)NCCCCOc1ccc(OCc2ccccc2)cc1. The van der Waals surface area contributed by atoms with Crippen molar-refractivity contribution in [3.8, 4) is 11.5 Å². The Balaban J connectivity index is 1.30. The van der Waals surface area contributed by atoms with E-state index in [1.54, 1.807) is 0 Å². The van der Waals surface area contributed by atoms with Crippen LogP contribution in [-0.4, -0.2) is 28.6 Å². The van der Waals surface area contributed by atoms with Gasteiger partial charge in [-0.25, -0.2) is 0 Å². The Morgan fingerprint density at radius 2 is 1.72 bits per heavy atom. The van der Waals surface area contributed by atoms with Crippen molar-refractivity contribution in [1.29, 1.82) is 0 Å². The number of ether oxygens (including phenoxy) is 2. The molecule has 0 radical (unpaired) electrons. The van der Waals surface area contributed by atoms with E-state index in [0.717, 1.165) is 47.1 Å². The average molecular weight is 412 g/mol. The van der Waals surface area contributed by atoms with Gasteiger partial charge in [-0.3, -0.25) is 4.79 Å². The fourth-order valence-corrected chi connectivity index (χ4v) is 3.35. The number of carbonyl (C=O) groups excluding carboxylic acids is 1. The second-order valence-electron chi connectivity index (χ2n) is 6.46. The molecule has 1 N–H and O–H groups in total. The zero-order chi connectivity index (χ0) is 20.3. The molecule has 6 nitrogen and oxygen atoms in total. The van der Waals surface area contributed by atoms with Crippen molar-refractivity contribution in [2.75, 3.05) is 13.2 Å². The molecule has 1 aromatic heterocycles. The number of nitrogens with one attached hydrogen (secondary N) is 1. The Morgan fingerprint density at radius 3 is 2.45 bits per heavy atom. The summed E-state index contributed by atoms with van der Waals surface area (Å²) >= 11 is 1.14. The zero-order valence-electron chi connectivity index (χ0n) is 16.5. The minimum atomic E-state index is -0.0936. The Hall–Kier alpha value is -2.93. The summed E-state index contributed by atoms with van der Waals surface area (Å²) in [7, 11) is 0. The van der Waals surface area contributed by atoms with E-state index >= 15 is 0 Å². The number of unbranched alkanes of at least 4 members (excludes halogenated alkanes) is 1. The second-order valence-corrected chi connectivity index (χ2v) is 7.21.